The fraction of sp³-hybridized carbons (Fsp3) is 0.364. The molecule has 0 heterocycles. The zero-order chi connectivity index (χ0) is 20.0. The molecule has 5 nitrogen and oxygen atoms in total. The molecule has 0 saturated heterocycles. The van der Waals surface area contributed by atoms with Gasteiger partial charge in [0.05, 0.1) is 6.10 Å². The number of rotatable bonds is 7. The van der Waals surface area contributed by atoms with Crippen LogP contribution in [0.1, 0.15) is 38.8 Å². The van der Waals surface area contributed by atoms with Crippen LogP contribution in [-0.2, 0) is 16.1 Å². The minimum atomic E-state index is -1.20. The molecule has 0 saturated carbocycles. The van der Waals surface area contributed by atoms with Crippen LogP contribution in [0.5, 0.6) is 5.75 Å². The van der Waals surface area contributed by atoms with Crippen molar-refractivity contribution < 1.29 is 14.3 Å². The van der Waals surface area contributed by atoms with Gasteiger partial charge in [-0.05, 0) is 70.0 Å². The van der Waals surface area contributed by atoms with Gasteiger partial charge in [0, 0.05) is 12.2 Å². The average molecular weight is 368 g/mol. The van der Waals surface area contributed by atoms with Gasteiger partial charge in [-0.25, -0.2) is 0 Å². The number of amides is 2. The molecule has 2 rings (SSSR count). The van der Waals surface area contributed by atoms with Gasteiger partial charge in [-0.2, -0.15) is 0 Å². The first-order valence-corrected chi connectivity index (χ1v) is 9.11. The molecule has 0 aliphatic heterocycles. The quantitative estimate of drug-likeness (QED) is 0.724. The number of benzene rings is 2. The second kappa shape index (κ2) is 8.71. The standard InChI is InChI=1S/C22H28N2O3/c1-15(2)27-19-12-10-18(11-13-19)24-21(26)22(4,5)20(25)23-14-17-9-7-6-8-16(17)3/h6-13,15H,14H2,1-5H3,(H,23,25)(H,24,26). The molecule has 0 bridgehead atoms. The van der Waals surface area contributed by atoms with E-state index in [9.17, 15) is 9.59 Å². The predicted molar refractivity (Wildman–Crippen MR) is 108 cm³/mol. The number of carbonyl (C=O) groups excluding carboxylic acids is 2. The summed E-state index contributed by atoms with van der Waals surface area (Å²) in [5.41, 5.74) is 1.55. The van der Waals surface area contributed by atoms with E-state index in [1.807, 2.05) is 45.0 Å². The summed E-state index contributed by atoms with van der Waals surface area (Å²) in [6.45, 7) is 9.52. The van der Waals surface area contributed by atoms with Crippen molar-refractivity contribution in [3.05, 3.63) is 59.7 Å². The van der Waals surface area contributed by atoms with Crippen molar-refractivity contribution in [2.24, 2.45) is 5.41 Å². The van der Waals surface area contributed by atoms with Crippen molar-refractivity contribution in [3.63, 3.8) is 0 Å². The van der Waals surface area contributed by atoms with Crippen molar-refractivity contribution in [3.8, 4) is 5.75 Å². The normalized spacial score (nSPS) is 11.2. The summed E-state index contributed by atoms with van der Waals surface area (Å²) in [5, 5.41) is 5.66. The number of nitrogens with one attached hydrogen (secondary N) is 2. The predicted octanol–water partition coefficient (Wildman–Crippen LogP) is 4.06. The van der Waals surface area contributed by atoms with E-state index >= 15 is 0 Å². The molecule has 2 aromatic carbocycles. The Bertz CT molecular complexity index is 795. The molecule has 2 N–H and O–H groups in total. The fourth-order valence-corrected chi connectivity index (χ4v) is 2.48. The second-order valence-electron chi connectivity index (χ2n) is 7.38. The lowest BCUT2D eigenvalue weighted by molar-refractivity contribution is -0.138. The molecule has 0 aliphatic carbocycles. The highest BCUT2D eigenvalue weighted by molar-refractivity contribution is 6.09. The fourth-order valence-electron chi connectivity index (χ4n) is 2.48. The smallest absolute Gasteiger partial charge is 0.239 e. The highest BCUT2D eigenvalue weighted by Gasteiger charge is 2.36. The molecule has 0 fully saturated rings. The molecular weight excluding hydrogens is 340 g/mol. The van der Waals surface area contributed by atoms with Gasteiger partial charge in [0.2, 0.25) is 11.8 Å². The van der Waals surface area contributed by atoms with Crippen LogP contribution >= 0.6 is 0 Å². The van der Waals surface area contributed by atoms with E-state index in [0.29, 0.717) is 12.2 Å². The topological polar surface area (TPSA) is 67.4 Å². The Balaban J connectivity index is 1.97. The Hall–Kier alpha value is -2.82. The van der Waals surface area contributed by atoms with Crippen molar-refractivity contribution in [2.75, 3.05) is 5.32 Å². The number of hydrogen-bond acceptors (Lipinski definition) is 3. The molecule has 27 heavy (non-hydrogen) atoms. The minimum Gasteiger partial charge on any atom is -0.491 e. The first kappa shape index (κ1) is 20.5. The number of aryl methyl sites for hydroxylation is 1. The molecule has 144 valence electrons. The number of carbonyl (C=O) groups is 2. The summed E-state index contributed by atoms with van der Waals surface area (Å²) in [4.78, 5) is 25.2. The minimum absolute atomic E-state index is 0.0846. The van der Waals surface area contributed by atoms with Crippen molar-refractivity contribution in [1.29, 1.82) is 0 Å². The van der Waals surface area contributed by atoms with Crippen molar-refractivity contribution >= 4 is 17.5 Å². The van der Waals surface area contributed by atoms with Crippen molar-refractivity contribution in [2.45, 2.75) is 47.3 Å². The third-order valence-corrected chi connectivity index (χ3v) is 4.32. The summed E-state index contributed by atoms with van der Waals surface area (Å²) in [6.07, 6.45) is 0.0846. The van der Waals surface area contributed by atoms with Gasteiger partial charge in [-0.1, -0.05) is 24.3 Å². The maximum atomic E-state index is 12.6. The van der Waals surface area contributed by atoms with Crippen LogP contribution in [-0.4, -0.2) is 17.9 Å². The summed E-state index contributed by atoms with van der Waals surface area (Å²) in [6, 6.07) is 14.9. The molecule has 2 amide bonds. The van der Waals surface area contributed by atoms with Gasteiger partial charge in [-0.3, -0.25) is 9.59 Å². The molecule has 0 unspecified atom stereocenters. The molecular formula is C22H28N2O3. The Labute approximate surface area is 161 Å². The Morgan fingerprint density at radius 1 is 1.00 bits per heavy atom. The Kier molecular flexibility index (Phi) is 6.61. The first-order valence-electron chi connectivity index (χ1n) is 9.11. The summed E-state index contributed by atoms with van der Waals surface area (Å²) in [7, 11) is 0. The number of hydrogen-bond donors (Lipinski definition) is 2. The SMILES string of the molecule is Cc1ccccc1CNC(=O)C(C)(C)C(=O)Nc1ccc(OC(C)C)cc1. The van der Waals surface area contributed by atoms with Gasteiger partial charge < -0.3 is 15.4 Å². The highest BCUT2D eigenvalue weighted by atomic mass is 16.5. The van der Waals surface area contributed by atoms with Gasteiger partial charge in [0.15, 0.2) is 0 Å². The Morgan fingerprint density at radius 2 is 1.63 bits per heavy atom. The van der Waals surface area contributed by atoms with Gasteiger partial charge in [0.1, 0.15) is 11.2 Å². The van der Waals surface area contributed by atoms with Crippen LogP contribution in [0, 0.1) is 12.3 Å². The first-order chi connectivity index (χ1) is 12.7. The molecule has 0 spiro atoms. The van der Waals surface area contributed by atoms with Gasteiger partial charge >= 0.3 is 0 Å². The van der Waals surface area contributed by atoms with Crippen molar-refractivity contribution in [1.82, 2.24) is 5.32 Å². The van der Waals surface area contributed by atoms with E-state index in [2.05, 4.69) is 10.6 Å². The van der Waals surface area contributed by atoms with Crippen LogP contribution in [0.2, 0.25) is 0 Å². The maximum Gasteiger partial charge on any atom is 0.239 e. The molecule has 0 aliphatic rings. The van der Waals surface area contributed by atoms with Crippen LogP contribution in [0.4, 0.5) is 5.69 Å². The van der Waals surface area contributed by atoms with E-state index in [1.165, 1.54) is 0 Å². The maximum absolute atomic E-state index is 12.6. The lowest BCUT2D eigenvalue weighted by Crippen LogP contribution is -2.44. The summed E-state index contributed by atoms with van der Waals surface area (Å²) >= 11 is 0. The zero-order valence-electron chi connectivity index (χ0n) is 16.6. The summed E-state index contributed by atoms with van der Waals surface area (Å²) < 4.78 is 5.59. The lowest BCUT2D eigenvalue weighted by atomic mass is 9.90. The number of anilines is 1. The molecule has 5 heteroatoms. The van der Waals surface area contributed by atoms with E-state index in [0.717, 1.165) is 16.9 Å². The average Bonchev–Trinajstić information content (AvgIpc) is 2.61. The van der Waals surface area contributed by atoms with Crippen LogP contribution in [0.3, 0.4) is 0 Å². The Morgan fingerprint density at radius 3 is 2.22 bits per heavy atom. The van der Waals surface area contributed by atoms with Crippen LogP contribution < -0.4 is 15.4 Å². The molecule has 0 aromatic heterocycles. The second-order valence-corrected chi connectivity index (χ2v) is 7.38. The largest absolute Gasteiger partial charge is 0.491 e. The monoisotopic (exact) mass is 368 g/mol. The lowest BCUT2D eigenvalue weighted by Gasteiger charge is -2.23. The van der Waals surface area contributed by atoms with E-state index < -0.39 is 5.41 Å². The third kappa shape index (κ3) is 5.58. The van der Waals surface area contributed by atoms with E-state index in [4.69, 9.17) is 4.74 Å². The highest BCUT2D eigenvalue weighted by Crippen LogP contribution is 2.22. The van der Waals surface area contributed by atoms with E-state index in [1.54, 1.807) is 38.1 Å². The van der Waals surface area contributed by atoms with Crippen LogP contribution in [0.15, 0.2) is 48.5 Å². The number of ether oxygens (including phenoxy) is 1. The molecule has 0 radical (unpaired) electrons. The summed E-state index contributed by atoms with van der Waals surface area (Å²) in [5.74, 6) is 0.0589. The van der Waals surface area contributed by atoms with Gasteiger partial charge in [0.25, 0.3) is 0 Å². The molecule has 2 aromatic rings. The molecule has 0 atom stereocenters. The third-order valence-electron chi connectivity index (χ3n) is 4.32. The van der Waals surface area contributed by atoms with E-state index in [-0.39, 0.29) is 17.9 Å². The van der Waals surface area contributed by atoms with Crippen LogP contribution in [0.25, 0.3) is 0 Å². The zero-order valence-corrected chi connectivity index (χ0v) is 16.6. The van der Waals surface area contributed by atoms with Gasteiger partial charge in [-0.15, -0.1) is 0 Å².